The lowest BCUT2D eigenvalue weighted by Gasteiger charge is -1.70. The van der Waals surface area contributed by atoms with Gasteiger partial charge in [0, 0.05) is 0 Å². The maximum atomic E-state index is 8.97. The molecule has 0 fully saturated rings. The van der Waals surface area contributed by atoms with Gasteiger partial charge in [-0.2, -0.15) is 8.42 Å². The monoisotopic (exact) mass is 169 g/mol. The van der Waals surface area contributed by atoms with Crippen molar-refractivity contribution in [3.8, 4) is 0 Å². The highest BCUT2D eigenvalue weighted by molar-refractivity contribution is 7.83. The van der Waals surface area contributed by atoms with Gasteiger partial charge in [0.25, 0.3) is 0 Å². The molecule has 0 aliphatic rings. The van der Waals surface area contributed by atoms with Crippen molar-refractivity contribution < 1.29 is 34.9 Å². The van der Waals surface area contributed by atoms with Crippen molar-refractivity contribution in [3.05, 3.63) is 0 Å². The summed E-state index contributed by atoms with van der Waals surface area (Å²) in [5.41, 5.74) is 0. The van der Waals surface area contributed by atoms with Crippen molar-refractivity contribution in [3.63, 3.8) is 0 Å². The SMILES string of the molecule is NS(=O)(=O)O.O.O.O.O. The fourth-order valence-corrected chi connectivity index (χ4v) is 0. The third-order valence-electron chi connectivity index (χ3n) is 0. The second-order valence-electron chi connectivity index (χ2n) is 0.515. The maximum Gasteiger partial charge on any atom is 0.330 e. The summed E-state index contributed by atoms with van der Waals surface area (Å²) < 4.78 is 25.2. The highest BCUT2D eigenvalue weighted by atomic mass is 32.2. The highest BCUT2D eigenvalue weighted by Gasteiger charge is 1.81. The standard InChI is InChI=1S/H3NO3S.4H2O/c1-5(2,3)4;;;;/h(H3,1,2,3,4);4*1H2. The van der Waals surface area contributed by atoms with Crippen LogP contribution in [0.2, 0.25) is 0 Å². The summed E-state index contributed by atoms with van der Waals surface area (Å²) in [7, 11) is -4.17. The predicted octanol–water partition coefficient (Wildman–Crippen LogP) is -4.55. The maximum absolute atomic E-state index is 8.97. The fraction of sp³-hybridized carbons (Fsp3) is 0. The van der Waals surface area contributed by atoms with Crippen LogP contribution >= 0.6 is 0 Å². The van der Waals surface area contributed by atoms with Crippen molar-refractivity contribution in [1.82, 2.24) is 0 Å². The zero-order chi connectivity index (χ0) is 4.50. The van der Waals surface area contributed by atoms with Crippen LogP contribution in [-0.2, 0) is 10.3 Å². The molecule has 9 heteroatoms. The number of hydrogen-bond donors (Lipinski definition) is 2. The van der Waals surface area contributed by atoms with E-state index in [4.69, 9.17) is 13.0 Å². The zero-order valence-electron chi connectivity index (χ0n) is 4.25. The first kappa shape index (κ1) is 37.6. The summed E-state index contributed by atoms with van der Waals surface area (Å²) >= 11 is 0. The molecule has 0 rings (SSSR count). The molecule has 0 aromatic rings. The van der Waals surface area contributed by atoms with Crippen LogP contribution in [0.1, 0.15) is 0 Å². The van der Waals surface area contributed by atoms with Gasteiger partial charge < -0.3 is 21.9 Å². The molecular formula is H11NO7S. The molecule has 0 aromatic carbocycles. The van der Waals surface area contributed by atoms with Gasteiger partial charge in [0.15, 0.2) is 0 Å². The van der Waals surface area contributed by atoms with Crippen LogP contribution in [0.15, 0.2) is 0 Å². The van der Waals surface area contributed by atoms with Gasteiger partial charge in [0.1, 0.15) is 0 Å². The second kappa shape index (κ2) is 10.6. The molecule has 8 nitrogen and oxygen atoms in total. The van der Waals surface area contributed by atoms with E-state index in [1.54, 1.807) is 0 Å². The Hall–Kier alpha value is -0.290. The van der Waals surface area contributed by atoms with E-state index >= 15 is 0 Å². The zero-order valence-corrected chi connectivity index (χ0v) is 5.07. The lowest BCUT2D eigenvalue weighted by Crippen LogP contribution is -2.08. The minimum atomic E-state index is -4.17. The lowest BCUT2D eigenvalue weighted by molar-refractivity contribution is 0.485. The number of hydrogen-bond acceptors (Lipinski definition) is 2. The Morgan fingerprint density at radius 1 is 1.00 bits per heavy atom. The van der Waals surface area contributed by atoms with Crippen LogP contribution in [0.25, 0.3) is 0 Å². The van der Waals surface area contributed by atoms with Crippen LogP contribution in [-0.4, -0.2) is 34.9 Å². The molecule has 0 radical (unpaired) electrons. The highest BCUT2D eigenvalue weighted by Crippen LogP contribution is 1.50. The summed E-state index contributed by atoms with van der Waals surface area (Å²) in [6.07, 6.45) is 0. The Morgan fingerprint density at radius 3 is 1.00 bits per heavy atom. The Bertz CT molecular complexity index is 92.1. The van der Waals surface area contributed by atoms with Gasteiger partial charge >= 0.3 is 10.3 Å². The van der Waals surface area contributed by atoms with Crippen molar-refractivity contribution >= 4 is 10.3 Å². The van der Waals surface area contributed by atoms with Crippen LogP contribution in [0, 0.1) is 0 Å². The van der Waals surface area contributed by atoms with Gasteiger partial charge in [-0.05, 0) is 0 Å². The van der Waals surface area contributed by atoms with Crippen molar-refractivity contribution in [2.24, 2.45) is 5.14 Å². The molecular weight excluding hydrogens is 158 g/mol. The molecule has 11 N–H and O–H groups in total. The van der Waals surface area contributed by atoms with Gasteiger partial charge in [-0.3, -0.25) is 4.55 Å². The average Bonchev–Trinajstić information content (AvgIpc) is 0.722. The molecule has 0 bridgehead atoms. The van der Waals surface area contributed by atoms with Gasteiger partial charge in [-0.1, -0.05) is 0 Å². The molecule has 0 aliphatic carbocycles. The van der Waals surface area contributed by atoms with Gasteiger partial charge in [-0.25, -0.2) is 5.14 Å². The first-order chi connectivity index (χ1) is 2.00. The second-order valence-corrected chi connectivity index (χ2v) is 1.54. The van der Waals surface area contributed by atoms with Gasteiger partial charge in [0.2, 0.25) is 0 Å². The van der Waals surface area contributed by atoms with Gasteiger partial charge in [0.05, 0.1) is 0 Å². The fourth-order valence-electron chi connectivity index (χ4n) is 0. The van der Waals surface area contributed by atoms with E-state index in [-0.39, 0.29) is 21.9 Å². The quantitative estimate of drug-likeness (QED) is 0.343. The van der Waals surface area contributed by atoms with E-state index in [9.17, 15) is 0 Å². The van der Waals surface area contributed by atoms with Crippen LogP contribution in [0.3, 0.4) is 0 Å². The minimum absolute atomic E-state index is 0. The van der Waals surface area contributed by atoms with E-state index in [2.05, 4.69) is 5.14 Å². The first-order valence-electron chi connectivity index (χ1n) is 0.752. The van der Waals surface area contributed by atoms with E-state index in [1.807, 2.05) is 0 Å². The Kier molecular flexibility index (Phi) is 44.5. The third kappa shape index (κ3) is 2990. The Balaban J connectivity index is -0.0000000133. The predicted molar refractivity (Wildman–Crippen MR) is 30.2 cm³/mol. The summed E-state index contributed by atoms with van der Waals surface area (Å²) in [6, 6.07) is 0. The average molecular weight is 169 g/mol. The minimum Gasteiger partial charge on any atom is -0.412 e. The first-order valence-corrected chi connectivity index (χ1v) is 2.25. The topological polar surface area (TPSA) is 206 Å². The number of rotatable bonds is 0. The molecule has 0 spiro atoms. The molecule has 0 amide bonds. The largest absolute Gasteiger partial charge is 0.412 e. The summed E-state index contributed by atoms with van der Waals surface area (Å²) in [4.78, 5) is 0. The Morgan fingerprint density at radius 2 is 1.00 bits per heavy atom. The third-order valence-corrected chi connectivity index (χ3v) is 0. The smallest absolute Gasteiger partial charge is 0.330 e. The molecule has 0 atom stereocenters. The molecule has 0 heterocycles. The van der Waals surface area contributed by atoms with Gasteiger partial charge in [-0.15, -0.1) is 0 Å². The lowest BCUT2D eigenvalue weighted by atomic mass is 13.9. The van der Waals surface area contributed by atoms with Crippen LogP contribution in [0.5, 0.6) is 0 Å². The molecule has 0 aromatic heterocycles. The van der Waals surface area contributed by atoms with Crippen molar-refractivity contribution in [2.75, 3.05) is 0 Å². The molecule has 0 unspecified atom stereocenters. The summed E-state index contributed by atoms with van der Waals surface area (Å²) in [5, 5.41) is 3.88. The molecule has 0 aliphatic heterocycles. The normalized spacial score (nSPS) is 6.44. The summed E-state index contributed by atoms with van der Waals surface area (Å²) in [6.45, 7) is 0. The Labute approximate surface area is 51.4 Å². The van der Waals surface area contributed by atoms with E-state index in [0.29, 0.717) is 0 Å². The molecule has 0 saturated heterocycles. The van der Waals surface area contributed by atoms with Crippen molar-refractivity contribution in [2.45, 2.75) is 0 Å². The van der Waals surface area contributed by atoms with Crippen LogP contribution < -0.4 is 5.14 Å². The van der Waals surface area contributed by atoms with E-state index in [0.717, 1.165) is 0 Å². The van der Waals surface area contributed by atoms with Crippen molar-refractivity contribution in [1.29, 1.82) is 0 Å². The molecule has 64 valence electrons. The molecule has 9 heavy (non-hydrogen) atoms. The van der Waals surface area contributed by atoms with E-state index < -0.39 is 10.3 Å². The van der Waals surface area contributed by atoms with E-state index in [1.165, 1.54) is 0 Å². The van der Waals surface area contributed by atoms with Crippen LogP contribution in [0.4, 0.5) is 0 Å². The summed E-state index contributed by atoms with van der Waals surface area (Å²) in [5.74, 6) is 0. The number of nitrogens with two attached hydrogens (primary N) is 1. The molecule has 0 saturated carbocycles.